The van der Waals surface area contributed by atoms with Crippen LogP contribution in [-0.2, 0) is 0 Å². The maximum atomic E-state index is 5.42. The predicted molar refractivity (Wildman–Crippen MR) is 281 cm³/mol. The van der Waals surface area contributed by atoms with Crippen LogP contribution in [0.2, 0.25) is 0 Å². The molecule has 0 aliphatic rings. The Balaban J connectivity index is 1.06. The van der Waals surface area contributed by atoms with E-state index in [0.717, 1.165) is 33.7 Å². The maximum Gasteiger partial charge on any atom is 0.162 e. The van der Waals surface area contributed by atoms with E-state index < -0.39 is 0 Å². The molecule has 3 heterocycles. The fourth-order valence-corrected chi connectivity index (χ4v) is 11.6. The van der Waals surface area contributed by atoms with Crippen LogP contribution in [0.25, 0.3) is 136 Å². The second kappa shape index (κ2) is 14.5. The zero-order valence-corrected chi connectivity index (χ0v) is 36.4. The summed E-state index contributed by atoms with van der Waals surface area (Å²) in [6.45, 7) is 0. The first kappa shape index (κ1) is 37.0. The van der Waals surface area contributed by atoms with Crippen LogP contribution in [-0.4, -0.2) is 14.5 Å². The molecule has 11 aromatic carbocycles. The highest BCUT2D eigenvalue weighted by Gasteiger charge is 2.21. The van der Waals surface area contributed by atoms with Gasteiger partial charge in [0, 0.05) is 48.1 Å². The van der Waals surface area contributed by atoms with Crippen molar-refractivity contribution >= 4 is 96.4 Å². The second-order valence-electron chi connectivity index (χ2n) is 17.3. The molecule has 0 unspecified atom stereocenters. The van der Waals surface area contributed by atoms with Crippen LogP contribution in [0.1, 0.15) is 0 Å². The van der Waals surface area contributed by atoms with E-state index in [4.69, 9.17) is 9.97 Å². The molecule has 66 heavy (non-hydrogen) atoms. The molecule has 4 heteroatoms. The van der Waals surface area contributed by atoms with Crippen LogP contribution in [0.3, 0.4) is 0 Å². The van der Waals surface area contributed by atoms with Crippen molar-refractivity contribution < 1.29 is 0 Å². The first-order valence-corrected chi connectivity index (χ1v) is 23.3. The summed E-state index contributed by atoms with van der Waals surface area (Å²) in [6, 6.07) is 81.7. The van der Waals surface area contributed by atoms with E-state index in [9.17, 15) is 0 Å². The summed E-state index contributed by atoms with van der Waals surface area (Å²) in [5, 5.41) is 14.9. The van der Waals surface area contributed by atoms with Crippen molar-refractivity contribution in [2.24, 2.45) is 0 Å². The SMILES string of the molecule is c1ccc(-c2cc(-n3c4ccc(-c5cccc6ccccc56)cc4c4cc5c6ccccc6c6cc(-c7ccc8c(c7)sc7ccccc78)ccc6c5cc43)nc(-c3ccccc3)n2)cc1. The maximum absolute atomic E-state index is 5.42. The first-order valence-electron chi connectivity index (χ1n) is 22.5. The Bertz CT molecular complexity index is 4220. The lowest BCUT2D eigenvalue weighted by Crippen LogP contribution is -2.02. The minimum atomic E-state index is 0.688. The lowest BCUT2D eigenvalue weighted by molar-refractivity contribution is 1.05. The Kier molecular flexibility index (Phi) is 8.15. The van der Waals surface area contributed by atoms with Gasteiger partial charge in [-0.25, -0.2) is 9.97 Å². The zero-order valence-electron chi connectivity index (χ0n) is 35.6. The largest absolute Gasteiger partial charge is 0.294 e. The van der Waals surface area contributed by atoms with Gasteiger partial charge in [0.05, 0.1) is 16.7 Å². The zero-order chi connectivity index (χ0) is 43.3. The van der Waals surface area contributed by atoms with Crippen molar-refractivity contribution in [2.45, 2.75) is 0 Å². The molecule has 0 spiro atoms. The Labute approximate surface area is 384 Å². The van der Waals surface area contributed by atoms with E-state index in [2.05, 4.69) is 223 Å². The van der Waals surface area contributed by atoms with Gasteiger partial charge < -0.3 is 0 Å². The number of fused-ring (bicyclic) bond motifs is 13. The van der Waals surface area contributed by atoms with Crippen LogP contribution in [0.15, 0.2) is 224 Å². The molecule has 14 rings (SSSR count). The smallest absolute Gasteiger partial charge is 0.162 e. The van der Waals surface area contributed by atoms with E-state index in [0.29, 0.717) is 5.82 Å². The number of benzene rings is 11. The van der Waals surface area contributed by atoms with Gasteiger partial charge in [0.2, 0.25) is 0 Å². The van der Waals surface area contributed by atoms with Gasteiger partial charge in [-0.1, -0.05) is 176 Å². The van der Waals surface area contributed by atoms with E-state index in [1.54, 1.807) is 0 Å². The van der Waals surface area contributed by atoms with Crippen molar-refractivity contribution in [1.82, 2.24) is 14.5 Å². The summed E-state index contributed by atoms with van der Waals surface area (Å²) < 4.78 is 5.00. The molecular weight excluding hydrogens is 819 g/mol. The number of thiophene rings is 1. The molecule has 0 aliphatic heterocycles. The van der Waals surface area contributed by atoms with Crippen LogP contribution < -0.4 is 0 Å². The summed E-state index contributed by atoms with van der Waals surface area (Å²) in [7, 11) is 0. The topological polar surface area (TPSA) is 30.7 Å². The Hall–Kier alpha value is -8.44. The molecule has 306 valence electrons. The third-order valence-corrected chi connectivity index (χ3v) is 14.7. The Morgan fingerprint density at radius 1 is 0.303 bits per heavy atom. The van der Waals surface area contributed by atoms with E-state index in [1.165, 1.54) is 96.3 Å². The number of aromatic nitrogens is 3. The second-order valence-corrected chi connectivity index (χ2v) is 18.4. The Morgan fingerprint density at radius 3 is 1.70 bits per heavy atom. The molecule has 0 fully saturated rings. The summed E-state index contributed by atoms with van der Waals surface area (Å²) in [4.78, 5) is 10.6. The van der Waals surface area contributed by atoms with Crippen molar-refractivity contribution in [2.75, 3.05) is 0 Å². The van der Waals surface area contributed by atoms with E-state index in [1.807, 2.05) is 17.4 Å². The van der Waals surface area contributed by atoms with Gasteiger partial charge >= 0.3 is 0 Å². The van der Waals surface area contributed by atoms with Gasteiger partial charge in [-0.05, 0) is 108 Å². The standard InChI is InChI=1S/C62H37N3S/c1-3-15-39(16-4-1)56-37-61(64-62(63-56)40-17-5-2-6-18-40)65-57-31-28-43(45-24-13-19-38-14-7-8-20-44(38)45)33-54(57)55-35-52-47-22-10-9-21-46(47)51-32-41(26-29-48(51)53(52)36-58(55)65)42-27-30-50-49-23-11-12-25-59(49)66-60(50)34-42/h1-37H. The molecule has 0 atom stereocenters. The summed E-state index contributed by atoms with van der Waals surface area (Å²) in [6.07, 6.45) is 0. The first-order chi connectivity index (χ1) is 32.7. The summed E-state index contributed by atoms with van der Waals surface area (Å²) in [5.41, 5.74) is 9.92. The molecule has 3 nitrogen and oxygen atoms in total. The minimum Gasteiger partial charge on any atom is -0.294 e. The van der Waals surface area contributed by atoms with Gasteiger partial charge in [0.25, 0.3) is 0 Å². The monoisotopic (exact) mass is 855 g/mol. The molecule has 3 aromatic heterocycles. The van der Waals surface area contributed by atoms with Crippen LogP contribution >= 0.6 is 11.3 Å². The minimum absolute atomic E-state index is 0.688. The highest BCUT2D eigenvalue weighted by atomic mass is 32.1. The average molecular weight is 856 g/mol. The molecule has 0 N–H and O–H groups in total. The molecule has 0 amide bonds. The number of nitrogens with zero attached hydrogens (tertiary/aromatic N) is 3. The van der Waals surface area contributed by atoms with Crippen LogP contribution in [0, 0.1) is 0 Å². The molecule has 14 aromatic rings. The number of hydrogen-bond acceptors (Lipinski definition) is 3. The van der Waals surface area contributed by atoms with Crippen molar-refractivity contribution in [3.8, 4) is 50.7 Å². The van der Waals surface area contributed by atoms with Crippen molar-refractivity contribution in [3.05, 3.63) is 224 Å². The van der Waals surface area contributed by atoms with Gasteiger partial charge in [0.15, 0.2) is 5.82 Å². The normalized spacial score (nSPS) is 11.9. The van der Waals surface area contributed by atoms with Gasteiger partial charge in [-0.2, -0.15) is 0 Å². The van der Waals surface area contributed by atoms with Crippen LogP contribution in [0.4, 0.5) is 0 Å². The quantitative estimate of drug-likeness (QED) is 0.162. The molecule has 0 bridgehead atoms. The lowest BCUT2D eigenvalue weighted by atomic mass is 9.91. The fraction of sp³-hybridized carbons (Fsp3) is 0. The van der Waals surface area contributed by atoms with Crippen LogP contribution in [0.5, 0.6) is 0 Å². The summed E-state index contributed by atoms with van der Waals surface area (Å²) >= 11 is 1.87. The summed E-state index contributed by atoms with van der Waals surface area (Å²) in [5.74, 6) is 1.51. The highest BCUT2D eigenvalue weighted by molar-refractivity contribution is 7.25. The van der Waals surface area contributed by atoms with Gasteiger partial charge in [-0.15, -0.1) is 11.3 Å². The molecular formula is C62H37N3S. The van der Waals surface area contributed by atoms with E-state index >= 15 is 0 Å². The van der Waals surface area contributed by atoms with Crippen molar-refractivity contribution in [1.29, 1.82) is 0 Å². The molecule has 0 radical (unpaired) electrons. The predicted octanol–water partition coefficient (Wildman–Crippen LogP) is 17.2. The number of rotatable bonds is 5. The number of hydrogen-bond donors (Lipinski definition) is 0. The van der Waals surface area contributed by atoms with E-state index in [-0.39, 0.29) is 0 Å². The van der Waals surface area contributed by atoms with Gasteiger partial charge in [-0.3, -0.25) is 4.57 Å². The third kappa shape index (κ3) is 5.75. The molecule has 0 saturated carbocycles. The Morgan fingerprint density at radius 2 is 0.879 bits per heavy atom. The lowest BCUT2D eigenvalue weighted by Gasteiger charge is -2.14. The highest BCUT2D eigenvalue weighted by Crippen LogP contribution is 2.44. The molecule has 0 aliphatic carbocycles. The van der Waals surface area contributed by atoms with Crippen molar-refractivity contribution in [3.63, 3.8) is 0 Å². The third-order valence-electron chi connectivity index (χ3n) is 13.6. The molecule has 0 saturated heterocycles. The fourth-order valence-electron chi connectivity index (χ4n) is 10.5. The average Bonchev–Trinajstić information content (AvgIpc) is 3.93. The van der Waals surface area contributed by atoms with Gasteiger partial charge in [0.1, 0.15) is 5.82 Å².